The lowest BCUT2D eigenvalue weighted by molar-refractivity contribution is -0.117. The lowest BCUT2D eigenvalue weighted by Crippen LogP contribution is -2.15. The molecular weight excluding hydrogens is 312 g/mol. The topological polar surface area (TPSA) is 55.1 Å². The summed E-state index contributed by atoms with van der Waals surface area (Å²) in [6.45, 7) is 0.742. The molecular formula is C13H13BrN2OS. The summed E-state index contributed by atoms with van der Waals surface area (Å²) in [5.74, 6) is -0.317. The van der Waals surface area contributed by atoms with Gasteiger partial charge >= 0.3 is 0 Å². The summed E-state index contributed by atoms with van der Waals surface area (Å²) in [6, 6.07) is 11.8. The number of amides is 1. The van der Waals surface area contributed by atoms with Gasteiger partial charge in [-0.15, -0.1) is 11.3 Å². The largest absolute Gasteiger partial charge is 0.380 e. The minimum absolute atomic E-state index is 0.261. The van der Waals surface area contributed by atoms with Crippen LogP contribution in [0.3, 0.4) is 0 Å². The molecule has 0 radical (unpaired) electrons. The van der Waals surface area contributed by atoms with Gasteiger partial charge in [-0.25, -0.2) is 0 Å². The summed E-state index contributed by atoms with van der Waals surface area (Å²) in [6.07, 6.45) is 0.261. The van der Waals surface area contributed by atoms with Crippen LogP contribution in [0.25, 0.3) is 0 Å². The zero-order chi connectivity index (χ0) is 13.0. The average Bonchev–Trinajstić information content (AvgIpc) is 2.73. The summed E-state index contributed by atoms with van der Waals surface area (Å²) in [4.78, 5) is 12.2. The maximum Gasteiger partial charge on any atom is 0.221 e. The van der Waals surface area contributed by atoms with Gasteiger partial charge in [-0.3, -0.25) is 4.79 Å². The Kier molecular flexibility index (Phi) is 4.38. The van der Waals surface area contributed by atoms with Gasteiger partial charge < -0.3 is 11.1 Å². The molecule has 5 heteroatoms. The van der Waals surface area contributed by atoms with Gasteiger partial charge in [0, 0.05) is 17.1 Å². The highest BCUT2D eigenvalue weighted by Gasteiger charge is 2.05. The van der Waals surface area contributed by atoms with Gasteiger partial charge in [-0.2, -0.15) is 0 Å². The number of hydrogen-bond acceptors (Lipinski definition) is 3. The second kappa shape index (κ2) is 6.02. The number of nitrogens with one attached hydrogen (secondary N) is 1. The quantitative estimate of drug-likeness (QED) is 0.887. The van der Waals surface area contributed by atoms with Crippen LogP contribution in [-0.4, -0.2) is 5.91 Å². The Balaban J connectivity index is 2.06. The van der Waals surface area contributed by atoms with E-state index in [9.17, 15) is 4.79 Å². The van der Waals surface area contributed by atoms with Gasteiger partial charge in [-0.05, 0) is 39.7 Å². The molecule has 0 aliphatic carbocycles. The van der Waals surface area contributed by atoms with E-state index in [1.54, 1.807) is 11.3 Å². The predicted octanol–water partition coefficient (Wildman–Crippen LogP) is 3.15. The van der Waals surface area contributed by atoms with E-state index in [0.29, 0.717) is 0 Å². The molecule has 1 aromatic heterocycles. The van der Waals surface area contributed by atoms with Crippen molar-refractivity contribution in [1.29, 1.82) is 0 Å². The highest BCUT2D eigenvalue weighted by atomic mass is 79.9. The second-order valence-electron chi connectivity index (χ2n) is 3.86. The molecule has 0 unspecified atom stereocenters. The first kappa shape index (κ1) is 13.1. The van der Waals surface area contributed by atoms with Crippen molar-refractivity contribution < 1.29 is 4.79 Å². The number of hydrogen-bond donors (Lipinski definition) is 2. The number of anilines is 1. The lowest BCUT2D eigenvalue weighted by atomic mass is 10.1. The van der Waals surface area contributed by atoms with Crippen LogP contribution in [0.2, 0.25) is 0 Å². The third-order valence-corrected chi connectivity index (χ3v) is 4.09. The molecule has 2 rings (SSSR count). The van der Waals surface area contributed by atoms with Crippen LogP contribution in [0.1, 0.15) is 10.4 Å². The smallest absolute Gasteiger partial charge is 0.221 e. The van der Waals surface area contributed by atoms with Crippen molar-refractivity contribution >= 4 is 38.9 Å². The molecule has 0 aliphatic heterocycles. The Morgan fingerprint density at radius 2 is 2.06 bits per heavy atom. The third kappa shape index (κ3) is 3.58. The van der Waals surface area contributed by atoms with E-state index in [1.165, 1.54) is 4.88 Å². The minimum atomic E-state index is -0.317. The van der Waals surface area contributed by atoms with Crippen molar-refractivity contribution in [3.05, 3.63) is 50.6 Å². The van der Waals surface area contributed by atoms with E-state index in [-0.39, 0.29) is 12.3 Å². The van der Waals surface area contributed by atoms with Gasteiger partial charge in [0.05, 0.1) is 10.2 Å². The van der Waals surface area contributed by atoms with Gasteiger partial charge in [0.1, 0.15) is 0 Å². The third-order valence-electron chi connectivity index (χ3n) is 2.46. The number of rotatable bonds is 5. The Labute approximate surface area is 118 Å². The van der Waals surface area contributed by atoms with Gasteiger partial charge in [0.15, 0.2) is 0 Å². The summed E-state index contributed by atoms with van der Waals surface area (Å²) in [7, 11) is 0. The summed E-state index contributed by atoms with van der Waals surface area (Å²) in [5.41, 5.74) is 7.12. The van der Waals surface area contributed by atoms with Crippen LogP contribution < -0.4 is 11.1 Å². The number of benzene rings is 1. The Hall–Kier alpha value is -1.33. The van der Waals surface area contributed by atoms with Crippen LogP contribution >= 0.6 is 27.3 Å². The van der Waals surface area contributed by atoms with Gasteiger partial charge in [0.25, 0.3) is 0 Å². The number of thiophene rings is 1. The standard InChI is InChI=1S/C13H13BrN2OS/c14-12-6-5-10(18-12)8-16-11-4-2-1-3-9(11)7-13(15)17/h1-6,16H,7-8H2,(H2,15,17). The molecule has 1 heterocycles. The maximum atomic E-state index is 11.0. The number of para-hydroxylation sites is 1. The van der Waals surface area contributed by atoms with Gasteiger partial charge in [0.2, 0.25) is 5.91 Å². The summed E-state index contributed by atoms with van der Waals surface area (Å²) >= 11 is 5.12. The molecule has 0 aliphatic rings. The van der Waals surface area contributed by atoms with Crippen molar-refractivity contribution in [3.63, 3.8) is 0 Å². The molecule has 0 fully saturated rings. The Morgan fingerprint density at radius 1 is 1.28 bits per heavy atom. The van der Waals surface area contributed by atoms with Crippen molar-refractivity contribution in [1.82, 2.24) is 0 Å². The van der Waals surface area contributed by atoms with Crippen LogP contribution in [0.15, 0.2) is 40.2 Å². The van der Waals surface area contributed by atoms with E-state index in [1.807, 2.05) is 30.3 Å². The fraction of sp³-hybridized carbons (Fsp3) is 0.154. The molecule has 2 aromatic rings. The van der Waals surface area contributed by atoms with Crippen molar-refractivity contribution in [2.45, 2.75) is 13.0 Å². The van der Waals surface area contributed by atoms with Gasteiger partial charge in [-0.1, -0.05) is 18.2 Å². The number of carbonyl (C=O) groups excluding carboxylic acids is 1. The van der Waals surface area contributed by atoms with E-state index in [2.05, 4.69) is 27.3 Å². The summed E-state index contributed by atoms with van der Waals surface area (Å²) < 4.78 is 1.12. The van der Waals surface area contributed by atoms with Crippen LogP contribution in [0, 0.1) is 0 Å². The van der Waals surface area contributed by atoms with E-state index >= 15 is 0 Å². The minimum Gasteiger partial charge on any atom is -0.380 e. The van der Waals surface area contributed by atoms with Crippen molar-refractivity contribution in [2.75, 3.05) is 5.32 Å². The second-order valence-corrected chi connectivity index (χ2v) is 6.41. The zero-order valence-electron chi connectivity index (χ0n) is 9.65. The zero-order valence-corrected chi connectivity index (χ0v) is 12.1. The number of carbonyl (C=O) groups is 1. The molecule has 1 aromatic carbocycles. The van der Waals surface area contributed by atoms with E-state index in [0.717, 1.165) is 21.6 Å². The number of primary amides is 1. The predicted molar refractivity (Wildman–Crippen MR) is 78.7 cm³/mol. The fourth-order valence-corrected chi connectivity index (χ4v) is 3.09. The Morgan fingerprint density at radius 3 is 2.72 bits per heavy atom. The average molecular weight is 325 g/mol. The molecule has 1 amide bonds. The molecule has 18 heavy (non-hydrogen) atoms. The van der Waals surface area contributed by atoms with Crippen LogP contribution in [-0.2, 0) is 17.8 Å². The fourth-order valence-electron chi connectivity index (χ4n) is 1.66. The Bertz CT molecular complexity index is 553. The van der Waals surface area contributed by atoms with Crippen molar-refractivity contribution in [3.8, 4) is 0 Å². The molecule has 3 N–H and O–H groups in total. The molecule has 0 spiro atoms. The summed E-state index contributed by atoms with van der Waals surface area (Å²) in [5, 5.41) is 3.33. The first-order valence-electron chi connectivity index (χ1n) is 5.49. The van der Waals surface area contributed by atoms with E-state index < -0.39 is 0 Å². The first-order valence-corrected chi connectivity index (χ1v) is 7.10. The SMILES string of the molecule is NC(=O)Cc1ccccc1NCc1ccc(Br)s1. The highest BCUT2D eigenvalue weighted by Crippen LogP contribution is 2.23. The molecule has 0 bridgehead atoms. The lowest BCUT2D eigenvalue weighted by Gasteiger charge is -2.09. The van der Waals surface area contributed by atoms with Crippen molar-refractivity contribution in [2.24, 2.45) is 5.73 Å². The molecule has 94 valence electrons. The highest BCUT2D eigenvalue weighted by molar-refractivity contribution is 9.11. The number of halogens is 1. The molecule has 3 nitrogen and oxygen atoms in total. The molecule has 0 saturated heterocycles. The van der Waals surface area contributed by atoms with Crippen LogP contribution in [0.5, 0.6) is 0 Å². The number of nitrogens with two attached hydrogens (primary N) is 1. The maximum absolute atomic E-state index is 11.0. The monoisotopic (exact) mass is 324 g/mol. The molecule has 0 atom stereocenters. The molecule has 0 saturated carbocycles. The van der Waals surface area contributed by atoms with Crippen LogP contribution in [0.4, 0.5) is 5.69 Å². The first-order chi connectivity index (χ1) is 8.65. The normalized spacial score (nSPS) is 10.3. The van der Waals surface area contributed by atoms with E-state index in [4.69, 9.17) is 5.73 Å².